The predicted octanol–water partition coefficient (Wildman–Crippen LogP) is 0.916. The number of aromatic nitrogens is 3. The summed E-state index contributed by atoms with van der Waals surface area (Å²) < 4.78 is 10.7. The van der Waals surface area contributed by atoms with Crippen LogP contribution >= 0.6 is 0 Å². The van der Waals surface area contributed by atoms with Crippen molar-refractivity contribution in [2.45, 2.75) is 39.7 Å². The minimum absolute atomic E-state index is 0.00474. The topological polar surface area (TPSA) is 139 Å². The first-order chi connectivity index (χ1) is 13.6. The van der Waals surface area contributed by atoms with Gasteiger partial charge in [-0.2, -0.15) is 15.0 Å². The highest BCUT2D eigenvalue weighted by molar-refractivity contribution is 5.42. The Kier molecular flexibility index (Phi) is 13.2. The van der Waals surface area contributed by atoms with E-state index in [4.69, 9.17) is 15.2 Å². The van der Waals surface area contributed by atoms with Crippen molar-refractivity contribution < 1.29 is 14.6 Å². The summed E-state index contributed by atoms with van der Waals surface area (Å²) >= 11 is 0. The summed E-state index contributed by atoms with van der Waals surface area (Å²) in [6, 6.07) is -0.129. The molecule has 1 atom stereocenters. The first-order valence-electron chi connectivity index (χ1n) is 10.1. The molecule has 10 heteroatoms. The van der Waals surface area contributed by atoms with E-state index in [9.17, 15) is 5.11 Å². The van der Waals surface area contributed by atoms with Gasteiger partial charge in [0.2, 0.25) is 17.8 Å². The monoisotopic (exact) mass is 399 g/mol. The molecule has 0 bridgehead atoms. The molecule has 0 saturated heterocycles. The highest BCUT2D eigenvalue weighted by atomic mass is 16.5. The van der Waals surface area contributed by atoms with E-state index in [0.29, 0.717) is 57.4 Å². The molecule has 6 N–H and O–H groups in total. The van der Waals surface area contributed by atoms with Crippen molar-refractivity contribution >= 4 is 17.8 Å². The molecule has 0 saturated carbocycles. The fourth-order valence-electron chi connectivity index (χ4n) is 2.20. The third kappa shape index (κ3) is 10.5. The number of anilines is 3. The van der Waals surface area contributed by atoms with Gasteiger partial charge in [0.25, 0.3) is 0 Å². The summed E-state index contributed by atoms with van der Waals surface area (Å²) in [5, 5.41) is 19.1. The van der Waals surface area contributed by atoms with Gasteiger partial charge in [0.1, 0.15) is 0 Å². The SMILES string of the molecule is CCCCNc1nc(NCCOCCOCCN)nc(N[C@@H](CO)C(C)C)n1. The molecule has 28 heavy (non-hydrogen) atoms. The van der Waals surface area contributed by atoms with Gasteiger partial charge in [-0.1, -0.05) is 27.2 Å². The number of aliphatic hydroxyl groups excluding tert-OH is 1. The molecule has 0 aliphatic rings. The van der Waals surface area contributed by atoms with Gasteiger partial charge in [-0.25, -0.2) is 0 Å². The molecule has 0 aliphatic heterocycles. The minimum atomic E-state index is -0.129. The lowest BCUT2D eigenvalue weighted by molar-refractivity contribution is 0.0547. The van der Waals surface area contributed by atoms with Gasteiger partial charge in [0.15, 0.2) is 0 Å². The Labute approximate surface area is 168 Å². The Morgan fingerprint density at radius 3 is 2.11 bits per heavy atom. The van der Waals surface area contributed by atoms with Crippen molar-refractivity contribution in [3.63, 3.8) is 0 Å². The molecular formula is C18H37N7O3. The number of aliphatic hydroxyl groups is 1. The van der Waals surface area contributed by atoms with Crippen LogP contribution in [0, 0.1) is 5.92 Å². The molecule has 1 rings (SSSR count). The van der Waals surface area contributed by atoms with E-state index < -0.39 is 0 Å². The second kappa shape index (κ2) is 15.2. The molecule has 0 aromatic carbocycles. The van der Waals surface area contributed by atoms with Crippen LogP contribution in [0.5, 0.6) is 0 Å². The summed E-state index contributed by atoms with van der Waals surface area (Å²) in [6.07, 6.45) is 2.11. The van der Waals surface area contributed by atoms with Crippen LogP contribution in [0.25, 0.3) is 0 Å². The maximum Gasteiger partial charge on any atom is 0.229 e. The number of hydrogen-bond donors (Lipinski definition) is 5. The van der Waals surface area contributed by atoms with E-state index in [-0.39, 0.29) is 18.6 Å². The van der Waals surface area contributed by atoms with Gasteiger partial charge in [0.05, 0.1) is 39.1 Å². The van der Waals surface area contributed by atoms with E-state index in [1.54, 1.807) is 0 Å². The quantitative estimate of drug-likeness (QED) is 0.240. The number of rotatable bonds is 17. The van der Waals surface area contributed by atoms with Crippen LogP contribution < -0.4 is 21.7 Å². The molecule has 0 aliphatic carbocycles. The third-order valence-corrected chi connectivity index (χ3v) is 3.93. The number of ether oxygens (including phenoxy) is 2. The van der Waals surface area contributed by atoms with Crippen molar-refractivity contribution in [2.75, 3.05) is 68.6 Å². The number of hydrogen-bond acceptors (Lipinski definition) is 10. The number of nitrogens with two attached hydrogens (primary N) is 1. The van der Waals surface area contributed by atoms with Crippen LogP contribution in [-0.2, 0) is 9.47 Å². The van der Waals surface area contributed by atoms with Gasteiger partial charge in [0, 0.05) is 19.6 Å². The number of nitrogens with zero attached hydrogens (tertiary/aromatic N) is 3. The lowest BCUT2D eigenvalue weighted by atomic mass is 10.1. The molecule has 0 unspecified atom stereocenters. The van der Waals surface area contributed by atoms with Crippen LogP contribution in [0.1, 0.15) is 33.6 Å². The standard InChI is InChI=1S/C18H37N7O3/c1-4-5-7-20-16-23-17(21-8-10-28-12-11-27-9-6-19)25-18(24-16)22-15(13-26)14(2)3/h14-15,26H,4-13,19H2,1-3H3,(H3,20,21,22,23,24,25)/t15-/m0/s1. The molecular weight excluding hydrogens is 362 g/mol. The average Bonchev–Trinajstić information content (AvgIpc) is 2.68. The van der Waals surface area contributed by atoms with E-state index >= 15 is 0 Å². The lowest BCUT2D eigenvalue weighted by Crippen LogP contribution is -2.30. The second-order valence-corrected chi connectivity index (χ2v) is 6.70. The van der Waals surface area contributed by atoms with E-state index in [0.717, 1.165) is 19.4 Å². The third-order valence-electron chi connectivity index (χ3n) is 3.93. The molecule has 162 valence electrons. The lowest BCUT2D eigenvalue weighted by Gasteiger charge is -2.20. The van der Waals surface area contributed by atoms with Crippen molar-refractivity contribution in [3.8, 4) is 0 Å². The molecule has 10 nitrogen and oxygen atoms in total. The summed E-state index contributed by atoms with van der Waals surface area (Å²) in [7, 11) is 0. The zero-order valence-corrected chi connectivity index (χ0v) is 17.4. The van der Waals surface area contributed by atoms with Gasteiger partial charge in [-0.3, -0.25) is 0 Å². The van der Waals surface area contributed by atoms with Crippen molar-refractivity contribution in [1.29, 1.82) is 0 Å². The molecule has 1 aromatic heterocycles. The predicted molar refractivity (Wildman–Crippen MR) is 112 cm³/mol. The fourth-order valence-corrected chi connectivity index (χ4v) is 2.20. The van der Waals surface area contributed by atoms with Crippen molar-refractivity contribution in [3.05, 3.63) is 0 Å². The van der Waals surface area contributed by atoms with E-state index in [1.807, 2.05) is 13.8 Å². The maximum absolute atomic E-state index is 9.55. The molecule has 1 aromatic rings. The van der Waals surface area contributed by atoms with Crippen LogP contribution in [0.15, 0.2) is 0 Å². The Hall–Kier alpha value is -1.75. The number of unbranched alkanes of at least 4 members (excludes halogenated alkanes) is 1. The smallest absolute Gasteiger partial charge is 0.229 e. The zero-order valence-electron chi connectivity index (χ0n) is 17.4. The summed E-state index contributed by atoms with van der Waals surface area (Å²) in [5.74, 6) is 1.63. The average molecular weight is 400 g/mol. The van der Waals surface area contributed by atoms with E-state index in [1.165, 1.54) is 0 Å². The molecule has 0 fully saturated rings. The Morgan fingerprint density at radius 2 is 1.54 bits per heavy atom. The van der Waals surface area contributed by atoms with Gasteiger partial charge >= 0.3 is 0 Å². The Morgan fingerprint density at radius 1 is 0.929 bits per heavy atom. The first-order valence-corrected chi connectivity index (χ1v) is 10.1. The van der Waals surface area contributed by atoms with Crippen LogP contribution in [-0.4, -0.2) is 78.8 Å². The van der Waals surface area contributed by atoms with E-state index in [2.05, 4.69) is 37.8 Å². The highest BCUT2D eigenvalue weighted by Crippen LogP contribution is 2.13. The largest absolute Gasteiger partial charge is 0.394 e. The van der Waals surface area contributed by atoms with Gasteiger partial charge in [-0.05, 0) is 12.3 Å². The van der Waals surface area contributed by atoms with Crippen LogP contribution in [0.4, 0.5) is 17.8 Å². The molecule has 0 spiro atoms. The summed E-state index contributed by atoms with van der Waals surface area (Å²) in [6.45, 7) is 10.1. The van der Waals surface area contributed by atoms with Gasteiger partial charge in [-0.15, -0.1) is 0 Å². The highest BCUT2D eigenvalue weighted by Gasteiger charge is 2.15. The molecule has 0 radical (unpaired) electrons. The maximum atomic E-state index is 9.55. The Balaban J connectivity index is 2.58. The fraction of sp³-hybridized carbons (Fsp3) is 0.833. The summed E-state index contributed by atoms with van der Waals surface area (Å²) in [5.41, 5.74) is 5.35. The van der Waals surface area contributed by atoms with Crippen LogP contribution in [0.2, 0.25) is 0 Å². The van der Waals surface area contributed by atoms with Crippen molar-refractivity contribution in [1.82, 2.24) is 15.0 Å². The second-order valence-electron chi connectivity index (χ2n) is 6.70. The van der Waals surface area contributed by atoms with Gasteiger partial charge < -0.3 is 36.3 Å². The zero-order chi connectivity index (χ0) is 20.6. The summed E-state index contributed by atoms with van der Waals surface area (Å²) in [4.78, 5) is 13.2. The van der Waals surface area contributed by atoms with Crippen LogP contribution in [0.3, 0.4) is 0 Å². The Bertz CT molecular complexity index is 520. The number of nitrogens with one attached hydrogen (secondary N) is 3. The molecule has 0 amide bonds. The minimum Gasteiger partial charge on any atom is -0.394 e. The molecule has 1 heterocycles. The normalized spacial score (nSPS) is 12.2. The van der Waals surface area contributed by atoms with Crippen molar-refractivity contribution in [2.24, 2.45) is 11.7 Å². The first kappa shape index (κ1) is 24.3.